The molecule has 0 aliphatic carbocycles. The Hall–Kier alpha value is -2.38. The molecule has 1 N–H and O–H groups in total. The molecule has 2 aromatic heterocycles. The zero-order valence-corrected chi connectivity index (χ0v) is 16.0. The molecule has 7 heteroatoms. The van der Waals surface area contributed by atoms with Crippen LogP contribution in [0.2, 0.25) is 0 Å². The number of likely N-dealkylation sites (N-methyl/N-ethyl adjacent to an activating group) is 1. The normalized spacial score (nSPS) is 15.4. The molecule has 136 valence electrons. The van der Waals surface area contributed by atoms with Gasteiger partial charge in [0, 0.05) is 43.8 Å². The Morgan fingerprint density at radius 3 is 2.58 bits per heavy atom. The van der Waals surface area contributed by atoms with Crippen LogP contribution in [-0.2, 0) is 6.54 Å². The lowest BCUT2D eigenvalue weighted by atomic mass is 10.2. The Labute approximate surface area is 158 Å². The molecule has 0 amide bonds. The minimum Gasteiger partial charge on any atom is -0.379 e. The van der Waals surface area contributed by atoms with Gasteiger partial charge in [0.1, 0.15) is 0 Å². The van der Waals surface area contributed by atoms with Gasteiger partial charge in [-0.3, -0.25) is 4.57 Å². The van der Waals surface area contributed by atoms with Gasteiger partial charge in [0.2, 0.25) is 10.3 Å². The van der Waals surface area contributed by atoms with Crippen LogP contribution in [0.15, 0.2) is 42.6 Å². The molecule has 1 fully saturated rings. The highest BCUT2D eigenvalue weighted by molar-refractivity contribution is 7.17. The van der Waals surface area contributed by atoms with Crippen LogP contribution in [0.3, 0.4) is 0 Å². The third kappa shape index (κ3) is 3.59. The van der Waals surface area contributed by atoms with Gasteiger partial charge < -0.3 is 15.1 Å². The molecular weight excluding hydrogens is 344 g/mol. The van der Waals surface area contributed by atoms with Gasteiger partial charge in [0.05, 0.1) is 6.54 Å². The first kappa shape index (κ1) is 17.1. The molecule has 0 radical (unpaired) electrons. The second-order valence-corrected chi connectivity index (χ2v) is 7.63. The van der Waals surface area contributed by atoms with E-state index in [1.807, 2.05) is 0 Å². The maximum Gasteiger partial charge on any atom is 0.218 e. The lowest BCUT2D eigenvalue weighted by molar-refractivity contribution is 0.312. The van der Waals surface area contributed by atoms with E-state index in [4.69, 9.17) is 0 Å². The molecule has 26 heavy (non-hydrogen) atoms. The summed E-state index contributed by atoms with van der Waals surface area (Å²) in [6, 6.07) is 12.5. The number of para-hydroxylation sites is 1. The number of nitrogens with one attached hydrogen (secondary N) is 1. The van der Waals surface area contributed by atoms with Crippen molar-refractivity contribution in [1.29, 1.82) is 0 Å². The summed E-state index contributed by atoms with van der Waals surface area (Å²) in [7, 11) is 2.16. The highest BCUT2D eigenvalue weighted by Crippen LogP contribution is 2.25. The highest BCUT2D eigenvalue weighted by atomic mass is 32.1. The van der Waals surface area contributed by atoms with E-state index in [9.17, 15) is 0 Å². The third-order valence-electron chi connectivity index (χ3n) is 4.82. The van der Waals surface area contributed by atoms with Crippen LogP contribution in [0.25, 0.3) is 5.13 Å². The van der Waals surface area contributed by atoms with Crippen molar-refractivity contribution in [2.45, 2.75) is 13.5 Å². The fraction of sp³-hybridized carbons (Fsp3) is 0.368. The number of hydrogen-bond donors (Lipinski definition) is 1. The van der Waals surface area contributed by atoms with Crippen molar-refractivity contribution >= 4 is 22.2 Å². The average molecular weight is 369 g/mol. The summed E-state index contributed by atoms with van der Waals surface area (Å²) in [4.78, 5) is 4.68. The van der Waals surface area contributed by atoms with Crippen molar-refractivity contribution in [3.8, 4) is 5.13 Å². The largest absolute Gasteiger partial charge is 0.379 e. The summed E-state index contributed by atoms with van der Waals surface area (Å²) in [5.41, 5.74) is 3.59. The number of nitrogens with zero attached hydrogens (tertiary/aromatic N) is 5. The fourth-order valence-corrected chi connectivity index (χ4v) is 4.05. The van der Waals surface area contributed by atoms with E-state index in [0.717, 1.165) is 48.7 Å². The summed E-state index contributed by atoms with van der Waals surface area (Å²) >= 11 is 1.66. The minimum atomic E-state index is 0.751. The summed E-state index contributed by atoms with van der Waals surface area (Å²) in [5.74, 6) is 0. The summed E-state index contributed by atoms with van der Waals surface area (Å²) in [6.45, 7) is 7.04. The first-order valence-electron chi connectivity index (χ1n) is 8.94. The number of benzene rings is 1. The van der Waals surface area contributed by atoms with Crippen LogP contribution in [0.5, 0.6) is 0 Å². The Balaban J connectivity index is 1.48. The average Bonchev–Trinajstić information content (AvgIpc) is 3.31. The van der Waals surface area contributed by atoms with E-state index < -0.39 is 0 Å². The summed E-state index contributed by atoms with van der Waals surface area (Å²) in [5, 5.41) is 14.3. The highest BCUT2D eigenvalue weighted by Gasteiger charge is 2.19. The van der Waals surface area contributed by atoms with Crippen LogP contribution >= 0.6 is 11.3 Å². The maximum absolute atomic E-state index is 4.43. The van der Waals surface area contributed by atoms with Crippen molar-refractivity contribution in [2.24, 2.45) is 0 Å². The predicted octanol–water partition coefficient (Wildman–Crippen LogP) is 3.00. The molecule has 4 rings (SSSR count). The number of rotatable bonds is 5. The molecule has 1 saturated heterocycles. The molecule has 0 unspecified atom stereocenters. The topological polar surface area (TPSA) is 49.2 Å². The second kappa shape index (κ2) is 7.47. The van der Waals surface area contributed by atoms with Crippen LogP contribution in [0.1, 0.15) is 11.3 Å². The quantitative estimate of drug-likeness (QED) is 0.750. The summed E-state index contributed by atoms with van der Waals surface area (Å²) < 4.78 is 2.13. The number of piperazine rings is 1. The molecule has 3 aromatic rings. The summed E-state index contributed by atoms with van der Waals surface area (Å²) in [6.07, 6.45) is 2.06. The first-order valence-corrected chi connectivity index (χ1v) is 9.75. The monoisotopic (exact) mass is 368 g/mol. The van der Waals surface area contributed by atoms with Gasteiger partial charge in [-0.05, 0) is 37.7 Å². The number of anilines is 2. The smallest absolute Gasteiger partial charge is 0.218 e. The van der Waals surface area contributed by atoms with Crippen molar-refractivity contribution in [2.75, 3.05) is 43.4 Å². The fourth-order valence-electron chi connectivity index (χ4n) is 3.13. The minimum absolute atomic E-state index is 0.751. The molecule has 3 heterocycles. The Bertz CT molecular complexity index is 862. The first-order chi connectivity index (χ1) is 12.7. The Morgan fingerprint density at radius 1 is 1.00 bits per heavy atom. The van der Waals surface area contributed by atoms with Gasteiger partial charge in [-0.1, -0.05) is 29.5 Å². The molecule has 1 aliphatic heterocycles. The molecule has 1 aromatic carbocycles. The standard InChI is InChI=1S/C19H24N6S/c1-15-6-3-4-8-17(15)20-14-16-7-5-9-25(16)19-22-21-18(26-19)24-12-10-23(2)11-13-24/h3-9,20H,10-14H2,1-2H3. The van der Waals surface area contributed by atoms with Crippen molar-refractivity contribution in [3.05, 3.63) is 53.9 Å². The van der Waals surface area contributed by atoms with Crippen LogP contribution < -0.4 is 10.2 Å². The molecule has 0 bridgehead atoms. The number of aryl methyl sites for hydroxylation is 1. The van der Waals surface area contributed by atoms with Gasteiger partial charge in [0.25, 0.3) is 0 Å². The van der Waals surface area contributed by atoms with Gasteiger partial charge in [-0.25, -0.2) is 0 Å². The van der Waals surface area contributed by atoms with Crippen molar-refractivity contribution in [1.82, 2.24) is 19.7 Å². The van der Waals surface area contributed by atoms with Crippen molar-refractivity contribution < 1.29 is 0 Å². The lowest BCUT2D eigenvalue weighted by Crippen LogP contribution is -2.44. The molecule has 6 nitrogen and oxygen atoms in total. The van der Waals surface area contributed by atoms with Gasteiger partial charge in [-0.2, -0.15) is 0 Å². The van der Waals surface area contributed by atoms with E-state index in [-0.39, 0.29) is 0 Å². The predicted molar refractivity (Wildman–Crippen MR) is 107 cm³/mol. The molecule has 0 saturated carbocycles. The van der Waals surface area contributed by atoms with Crippen LogP contribution in [-0.4, -0.2) is 52.9 Å². The van der Waals surface area contributed by atoms with Crippen LogP contribution in [0, 0.1) is 6.92 Å². The number of aromatic nitrogens is 3. The van der Waals surface area contributed by atoms with E-state index >= 15 is 0 Å². The number of hydrogen-bond acceptors (Lipinski definition) is 6. The van der Waals surface area contributed by atoms with Crippen LogP contribution in [0.4, 0.5) is 10.8 Å². The van der Waals surface area contributed by atoms with Gasteiger partial charge in [0.15, 0.2) is 0 Å². The molecule has 1 aliphatic rings. The van der Waals surface area contributed by atoms with E-state index in [1.165, 1.54) is 11.3 Å². The Kier molecular flexibility index (Phi) is 4.90. The molecular formula is C19H24N6S. The van der Waals surface area contributed by atoms with E-state index in [0.29, 0.717) is 0 Å². The van der Waals surface area contributed by atoms with E-state index in [2.05, 4.69) is 86.4 Å². The second-order valence-electron chi connectivity index (χ2n) is 6.70. The van der Waals surface area contributed by atoms with Gasteiger partial charge >= 0.3 is 0 Å². The lowest BCUT2D eigenvalue weighted by Gasteiger charge is -2.31. The maximum atomic E-state index is 4.43. The van der Waals surface area contributed by atoms with Crippen molar-refractivity contribution in [3.63, 3.8) is 0 Å². The Morgan fingerprint density at radius 2 is 1.77 bits per heavy atom. The third-order valence-corrected chi connectivity index (χ3v) is 5.81. The van der Waals surface area contributed by atoms with E-state index in [1.54, 1.807) is 11.3 Å². The van der Waals surface area contributed by atoms with Gasteiger partial charge in [-0.15, -0.1) is 10.2 Å². The molecule has 0 spiro atoms. The zero-order chi connectivity index (χ0) is 17.9. The molecule has 0 atom stereocenters. The SMILES string of the molecule is Cc1ccccc1NCc1cccn1-c1nnc(N2CCN(C)CC2)s1. The zero-order valence-electron chi connectivity index (χ0n) is 15.2.